The van der Waals surface area contributed by atoms with Gasteiger partial charge in [-0.3, -0.25) is 4.79 Å². The van der Waals surface area contributed by atoms with Gasteiger partial charge in [-0.2, -0.15) is 5.26 Å². The Morgan fingerprint density at radius 3 is 2.78 bits per heavy atom. The molecule has 96 valence electrons. The van der Waals surface area contributed by atoms with Gasteiger partial charge in [0.15, 0.2) is 0 Å². The predicted molar refractivity (Wildman–Crippen MR) is 72.5 cm³/mol. The van der Waals surface area contributed by atoms with E-state index in [0.717, 1.165) is 5.56 Å². The number of hydrogen-bond donors (Lipinski definition) is 0. The molecular formula is C14H17ClN2O. The molecule has 0 aromatic heterocycles. The average molecular weight is 265 g/mol. The van der Waals surface area contributed by atoms with Gasteiger partial charge in [0.25, 0.3) is 5.91 Å². The number of carbonyl (C=O) groups excluding carboxylic acids is 1. The SMILES string of the molecule is CCN(CC(C)C#N)C(=O)c1cc(Cl)ccc1C. The van der Waals surface area contributed by atoms with Gasteiger partial charge in [-0.05, 0) is 38.5 Å². The van der Waals surface area contributed by atoms with Crippen molar-refractivity contribution >= 4 is 17.5 Å². The second kappa shape index (κ2) is 6.42. The minimum Gasteiger partial charge on any atom is -0.338 e. The summed E-state index contributed by atoms with van der Waals surface area (Å²) in [6, 6.07) is 7.42. The first kappa shape index (κ1) is 14.5. The largest absolute Gasteiger partial charge is 0.338 e. The van der Waals surface area contributed by atoms with Crippen LogP contribution in [0.5, 0.6) is 0 Å². The van der Waals surface area contributed by atoms with Crippen LogP contribution < -0.4 is 0 Å². The molecule has 1 atom stereocenters. The van der Waals surface area contributed by atoms with Crippen molar-refractivity contribution in [3.63, 3.8) is 0 Å². The van der Waals surface area contributed by atoms with Crippen molar-refractivity contribution in [3.05, 3.63) is 34.3 Å². The van der Waals surface area contributed by atoms with E-state index in [0.29, 0.717) is 23.7 Å². The molecule has 1 aromatic carbocycles. The molecule has 0 heterocycles. The van der Waals surface area contributed by atoms with Crippen molar-refractivity contribution in [2.75, 3.05) is 13.1 Å². The van der Waals surface area contributed by atoms with Crippen molar-refractivity contribution in [2.45, 2.75) is 20.8 Å². The highest BCUT2D eigenvalue weighted by Gasteiger charge is 2.18. The summed E-state index contributed by atoms with van der Waals surface area (Å²) in [6.07, 6.45) is 0. The highest BCUT2D eigenvalue weighted by atomic mass is 35.5. The molecule has 0 radical (unpaired) electrons. The first-order chi connectivity index (χ1) is 8.49. The summed E-state index contributed by atoms with van der Waals surface area (Å²) in [5, 5.41) is 9.37. The van der Waals surface area contributed by atoms with Crippen LogP contribution in [0.25, 0.3) is 0 Å². The second-order valence-electron chi connectivity index (χ2n) is 4.33. The molecule has 0 bridgehead atoms. The summed E-state index contributed by atoms with van der Waals surface area (Å²) >= 11 is 5.92. The number of nitriles is 1. The van der Waals surface area contributed by atoms with Gasteiger partial charge in [-0.25, -0.2) is 0 Å². The van der Waals surface area contributed by atoms with Crippen LogP contribution in [0, 0.1) is 24.2 Å². The molecule has 0 aliphatic rings. The summed E-state index contributed by atoms with van der Waals surface area (Å²) in [6.45, 7) is 6.61. The van der Waals surface area contributed by atoms with Gasteiger partial charge in [0, 0.05) is 23.7 Å². The molecule has 0 aliphatic carbocycles. The normalized spacial score (nSPS) is 11.7. The fourth-order valence-corrected chi connectivity index (χ4v) is 1.89. The summed E-state index contributed by atoms with van der Waals surface area (Å²) in [5.41, 5.74) is 1.50. The van der Waals surface area contributed by atoms with Crippen LogP contribution in [0.1, 0.15) is 29.8 Å². The minimum absolute atomic E-state index is 0.0698. The quantitative estimate of drug-likeness (QED) is 0.838. The molecule has 1 amide bonds. The maximum atomic E-state index is 12.4. The zero-order valence-electron chi connectivity index (χ0n) is 10.9. The molecule has 0 fully saturated rings. The highest BCUT2D eigenvalue weighted by Crippen LogP contribution is 2.17. The molecule has 0 aliphatic heterocycles. The van der Waals surface area contributed by atoms with Gasteiger partial charge >= 0.3 is 0 Å². The third-order valence-corrected chi connectivity index (χ3v) is 3.05. The minimum atomic E-state index is -0.173. The number of hydrogen-bond acceptors (Lipinski definition) is 2. The fourth-order valence-electron chi connectivity index (χ4n) is 1.72. The van der Waals surface area contributed by atoms with Crippen molar-refractivity contribution < 1.29 is 4.79 Å². The topological polar surface area (TPSA) is 44.1 Å². The monoisotopic (exact) mass is 264 g/mol. The lowest BCUT2D eigenvalue weighted by molar-refractivity contribution is 0.0752. The molecule has 1 rings (SSSR count). The van der Waals surface area contributed by atoms with Crippen LogP contribution in [-0.4, -0.2) is 23.9 Å². The van der Waals surface area contributed by atoms with Crippen molar-refractivity contribution in [2.24, 2.45) is 5.92 Å². The van der Waals surface area contributed by atoms with E-state index in [-0.39, 0.29) is 11.8 Å². The summed E-state index contributed by atoms with van der Waals surface area (Å²) in [7, 11) is 0. The molecule has 1 unspecified atom stereocenters. The van der Waals surface area contributed by atoms with Gasteiger partial charge in [0.2, 0.25) is 0 Å². The molecule has 18 heavy (non-hydrogen) atoms. The highest BCUT2D eigenvalue weighted by molar-refractivity contribution is 6.31. The number of aryl methyl sites for hydroxylation is 1. The van der Waals surface area contributed by atoms with Crippen LogP contribution in [0.15, 0.2) is 18.2 Å². The molecule has 0 saturated carbocycles. The predicted octanol–water partition coefficient (Wildman–Crippen LogP) is 3.27. The van der Waals surface area contributed by atoms with Gasteiger partial charge in [0.1, 0.15) is 0 Å². The molecule has 3 nitrogen and oxygen atoms in total. The lowest BCUT2D eigenvalue weighted by atomic mass is 10.1. The van der Waals surface area contributed by atoms with Gasteiger partial charge < -0.3 is 4.90 Å². The van der Waals surface area contributed by atoms with Crippen molar-refractivity contribution in [3.8, 4) is 6.07 Å². The Morgan fingerprint density at radius 1 is 1.56 bits per heavy atom. The molecule has 0 spiro atoms. The Bertz CT molecular complexity index is 479. The second-order valence-corrected chi connectivity index (χ2v) is 4.77. The van der Waals surface area contributed by atoms with Crippen LogP contribution >= 0.6 is 11.6 Å². The number of rotatable bonds is 4. The van der Waals surface area contributed by atoms with E-state index in [2.05, 4.69) is 6.07 Å². The van der Waals surface area contributed by atoms with E-state index in [1.54, 1.807) is 24.0 Å². The van der Waals surface area contributed by atoms with Gasteiger partial charge in [-0.1, -0.05) is 17.7 Å². The fraction of sp³-hybridized carbons (Fsp3) is 0.429. The van der Waals surface area contributed by atoms with Crippen LogP contribution in [-0.2, 0) is 0 Å². The maximum Gasteiger partial charge on any atom is 0.254 e. The van der Waals surface area contributed by atoms with Crippen LogP contribution in [0.2, 0.25) is 5.02 Å². The molecule has 0 N–H and O–H groups in total. The average Bonchev–Trinajstić information content (AvgIpc) is 2.37. The Hall–Kier alpha value is -1.53. The number of benzene rings is 1. The maximum absolute atomic E-state index is 12.4. The van der Waals surface area contributed by atoms with E-state index in [9.17, 15) is 4.79 Å². The Balaban J connectivity index is 2.97. The lowest BCUT2D eigenvalue weighted by Gasteiger charge is -2.23. The molecule has 4 heteroatoms. The number of nitrogens with zero attached hydrogens (tertiary/aromatic N) is 2. The Kier molecular flexibility index (Phi) is 5.18. The Labute approximate surface area is 113 Å². The third-order valence-electron chi connectivity index (χ3n) is 2.81. The molecule has 0 saturated heterocycles. The summed E-state index contributed by atoms with van der Waals surface area (Å²) < 4.78 is 0. The zero-order chi connectivity index (χ0) is 13.7. The number of amides is 1. The number of carbonyl (C=O) groups is 1. The van der Waals surface area contributed by atoms with E-state index in [1.165, 1.54) is 0 Å². The first-order valence-electron chi connectivity index (χ1n) is 5.94. The van der Waals surface area contributed by atoms with Crippen molar-refractivity contribution in [1.82, 2.24) is 4.90 Å². The van der Waals surface area contributed by atoms with E-state index in [1.807, 2.05) is 19.9 Å². The summed E-state index contributed by atoms with van der Waals surface area (Å²) in [4.78, 5) is 14.0. The first-order valence-corrected chi connectivity index (χ1v) is 6.32. The van der Waals surface area contributed by atoms with E-state index >= 15 is 0 Å². The molecule has 1 aromatic rings. The van der Waals surface area contributed by atoms with Crippen LogP contribution in [0.4, 0.5) is 0 Å². The lowest BCUT2D eigenvalue weighted by Crippen LogP contribution is -2.34. The van der Waals surface area contributed by atoms with E-state index < -0.39 is 0 Å². The standard InChI is InChI=1S/C14H17ClN2O/c1-4-17(9-10(2)8-16)14(18)13-7-12(15)6-5-11(13)3/h5-7,10H,4,9H2,1-3H3. The smallest absolute Gasteiger partial charge is 0.254 e. The zero-order valence-corrected chi connectivity index (χ0v) is 11.7. The third kappa shape index (κ3) is 3.48. The van der Waals surface area contributed by atoms with Crippen molar-refractivity contribution in [1.29, 1.82) is 5.26 Å². The molecular weight excluding hydrogens is 248 g/mol. The van der Waals surface area contributed by atoms with Crippen LogP contribution in [0.3, 0.4) is 0 Å². The number of halogens is 1. The van der Waals surface area contributed by atoms with Gasteiger partial charge in [-0.15, -0.1) is 0 Å². The van der Waals surface area contributed by atoms with Gasteiger partial charge in [0.05, 0.1) is 12.0 Å². The Morgan fingerprint density at radius 2 is 2.22 bits per heavy atom. The summed E-state index contributed by atoms with van der Waals surface area (Å²) in [5.74, 6) is -0.243. The van der Waals surface area contributed by atoms with E-state index in [4.69, 9.17) is 16.9 Å².